The molecule has 5 nitrogen and oxygen atoms in total. The van der Waals surface area contributed by atoms with Crippen LogP contribution in [0.3, 0.4) is 0 Å². The van der Waals surface area contributed by atoms with Gasteiger partial charge >= 0.3 is 0 Å². The minimum absolute atomic E-state index is 0.105. The number of hydrogen-bond donors (Lipinski definition) is 0. The fraction of sp³-hybridized carbons (Fsp3) is 0.435. The molecule has 0 amide bonds. The maximum atomic E-state index is 12.0. The van der Waals surface area contributed by atoms with Gasteiger partial charge in [-0.2, -0.15) is 0 Å². The van der Waals surface area contributed by atoms with Gasteiger partial charge in [-0.1, -0.05) is 12.1 Å². The largest absolute Gasteiger partial charge is 0.494 e. The van der Waals surface area contributed by atoms with Crippen LogP contribution in [-0.4, -0.2) is 45.6 Å². The summed E-state index contributed by atoms with van der Waals surface area (Å²) >= 11 is 0. The SMILES string of the molecule is CC(=O)c1c(C)cc(C)c(CN(C)CCCOc2cccc(S(C)(=O)=O)c2)c1C. The second-order valence-corrected chi connectivity index (χ2v) is 9.75. The lowest BCUT2D eigenvalue weighted by Gasteiger charge is -2.22. The van der Waals surface area contributed by atoms with Crippen molar-refractivity contribution >= 4 is 15.6 Å². The molecule has 2 rings (SSSR count). The standard InChI is InChI=1S/C23H31NO4S/c1-16-13-17(2)23(19(4)25)18(3)22(16)15-24(5)11-8-12-28-20-9-7-10-21(14-20)29(6,26)27/h7,9-10,13-14H,8,11-12,15H2,1-6H3. The molecule has 0 aliphatic carbocycles. The van der Waals surface area contributed by atoms with Gasteiger partial charge in [0.15, 0.2) is 15.6 Å². The summed E-state index contributed by atoms with van der Waals surface area (Å²) in [4.78, 5) is 14.5. The number of carbonyl (C=O) groups is 1. The fourth-order valence-electron chi connectivity index (χ4n) is 3.68. The highest BCUT2D eigenvalue weighted by Gasteiger charge is 2.15. The Morgan fingerprint density at radius 3 is 2.41 bits per heavy atom. The van der Waals surface area contributed by atoms with E-state index in [1.807, 2.05) is 13.8 Å². The fourth-order valence-corrected chi connectivity index (χ4v) is 4.34. The van der Waals surface area contributed by atoms with Crippen molar-refractivity contribution in [2.45, 2.75) is 45.6 Å². The molecule has 0 aliphatic heterocycles. The van der Waals surface area contributed by atoms with Crippen LogP contribution in [0.15, 0.2) is 35.2 Å². The molecule has 158 valence electrons. The minimum Gasteiger partial charge on any atom is -0.494 e. The van der Waals surface area contributed by atoms with Crippen molar-refractivity contribution in [2.24, 2.45) is 0 Å². The van der Waals surface area contributed by atoms with E-state index in [0.717, 1.165) is 36.2 Å². The van der Waals surface area contributed by atoms with Crippen molar-refractivity contribution in [3.8, 4) is 5.75 Å². The van der Waals surface area contributed by atoms with Crippen molar-refractivity contribution < 1.29 is 17.9 Å². The molecular formula is C23H31NO4S. The number of benzene rings is 2. The van der Waals surface area contributed by atoms with Crippen LogP contribution in [0.2, 0.25) is 0 Å². The predicted octanol–water partition coefficient (Wildman–Crippen LogP) is 4.12. The zero-order valence-electron chi connectivity index (χ0n) is 18.2. The Kier molecular flexibility index (Phi) is 7.60. The number of Topliss-reactive ketones (excluding diaryl/α,β-unsaturated/α-hetero) is 1. The van der Waals surface area contributed by atoms with Gasteiger partial charge in [0.2, 0.25) is 0 Å². The van der Waals surface area contributed by atoms with E-state index in [2.05, 4.69) is 24.9 Å². The molecule has 0 fully saturated rings. The molecule has 0 N–H and O–H groups in total. The Balaban J connectivity index is 1.94. The number of nitrogens with zero attached hydrogens (tertiary/aromatic N) is 1. The average Bonchev–Trinajstić information content (AvgIpc) is 2.61. The van der Waals surface area contributed by atoms with E-state index in [9.17, 15) is 13.2 Å². The molecule has 29 heavy (non-hydrogen) atoms. The van der Waals surface area contributed by atoms with Gasteiger partial charge in [-0.05, 0) is 81.6 Å². The van der Waals surface area contributed by atoms with Crippen molar-refractivity contribution in [1.82, 2.24) is 4.90 Å². The molecule has 0 atom stereocenters. The summed E-state index contributed by atoms with van der Waals surface area (Å²) in [5.41, 5.74) is 5.32. The zero-order valence-corrected chi connectivity index (χ0v) is 19.0. The summed E-state index contributed by atoms with van der Waals surface area (Å²) < 4.78 is 29.0. The van der Waals surface area contributed by atoms with Crippen LogP contribution in [0.5, 0.6) is 5.75 Å². The molecule has 0 unspecified atom stereocenters. The smallest absolute Gasteiger partial charge is 0.175 e. The van der Waals surface area contributed by atoms with E-state index in [-0.39, 0.29) is 10.7 Å². The Morgan fingerprint density at radius 1 is 1.10 bits per heavy atom. The molecule has 6 heteroatoms. The van der Waals surface area contributed by atoms with E-state index in [0.29, 0.717) is 12.4 Å². The lowest BCUT2D eigenvalue weighted by Crippen LogP contribution is -2.22. The number of rotatable bonds is 9. The average molecular weight is 418 g/mol. The highest BCUT2D eigenvalue weighted by molar-refractivity contribution is 7.90. The molecule has 0 heterocycles. The molecule has 0 aromatic heterocycles. The summed E-state index contributed by atoms with van der Waals surface area (Å²) in [5.74, 6) is 0.667. The topological polar surface area (TPSA) is 63.7 Å². The highest BCUT2D eigenvalue weighted by atomic mass is 32.2. The van der Waals surface area contributed by atoms with Gasteiger partial charge in [0.05, 0.1) is 11.5 Å². The quantitative estimate of drug-likeness (QED) is 0.454. The van der Waals surface area contributed by atoms with Crippen LogP contribution >= 0.6 is 0 Å². The molecule has 0 spiro atoms. The maximum absolute atomic E-state index is 12.0. The van der Waals surface area contributed by atoms with E-state index in [4.69, 9.17) is 4.74 Å². The van der Waals surface area contributed by atoms with Crippen molar-refractivity contribution in [3.05, 3.63) is 58.1 Å². The van der Waals surface area contributed by atoms with Crippen molar-refractivity contribution in [1.29, 1.82) is 0 Å². The van der Waals surface area contributed by atoms with Crippen LogP contribution in [-0.2, 0) is 16.4 Å². The molecule has 2 aromatic carbocycles. The number of aryl methyl sites for hydroxylation is 2. The van der Waals surface area contributed by atoms with E-state index in [1.54, 1.807) is 31.2 Å². The molecule has 0 radical (unpaired) electrons. The van der Waals surface area contributed by atoms with E-state index >= 15 is 0 Å². The monoisotopic (exact) mass is 417 g/mol. The highest BCUT2D eigenvalue weighted by Crippen LogP contribution is 2.24. The van der Waals surface area contributed by atoms with Gasteiger partial charge in [-0.25, -0.2) is 8.42 Å². The Labute approximate surface area is 174 Å². The summed E-state index contributed by atoms with van der Waals surface area (Å²) in [5, 5.41) is 0. The molecule has 0 aliphatic rings. The first-order chi connectivity index (χ1) is 13.5. The third kappa shape index (κ3) is 6.15. The first-order valence-corrected chi connectivity index (χ1v) is 11.6. The lowest BCUT2D eigenvalue weighted by molar-refractivity contribution is 0.101. The van der Waals surface area contributed by atoms with Crippen LogP contribution < -0.4 is 4.74 Å². The lowest BCUT2D eigenvalue weighted by atomic mass is 9.91. The minimum atomic E-state index is -3.24. The molecule has 0 saturated carbocycles. The summed E-state index contributed by atoms with van der Waals surface area (Å²) in [7, 11) is -1.19. The molecule has 0 saturated heterocycles. The predicted molar refractivity (Wildman–Crippen MR) is 117 cm³/mol. The zero-order chi connectivity index (χ0) is 21.8. The first kappa shape index (κ1) is 23.1. The Bertz CT molecular complexity index is 996. The third-order valence-electron chi connectivity index (χ3n) is 5.10. The number of ketones is 1. The normalized spacial score (nSPS) is 11.7. The summed E-state index contributed by atoms with van der Waals surface area (Å²) in [6.07, 6.45) is 2.00. The second-order valence-electron chi connectivity index (χ2n) is 7.73. The van der Waals surface area contributed by atoms with Crippen LogP contribution in [0, 0.1) is 20.8 Å². The van der Waals surface area contributed by atoms with Gasteiger partial charge in [0, 0.05) is 24.9 Å². The molecule has 2 aromatic rings. The van der Waals surface area contributed by atoms with E-state index < -0.39 is 9.84 Å². The number of ether oxygens (including phenoxy) is 1. The maximum Gasteiger partial charge on any atom is 0.175 e. The van der Waals surface area contributed by atoms with Crippen LogP contribution in [0.1, 0.15) is 46.0 Å². The number of hydrogen-bond acceptors (Lipinski definition) is 5. The van der Waals surface area contributed by atoms with Gasteiger partial charge in [-0.3, -0.25) is 4.79 Å². The van der Waals surface area contributed by atoms with Crippen LogP contribution in [0.4, 0.5) is 0 Å². The van der Waals surface area contributed by atoms with E-state index in [1.165, 1.54) is 17.4 Å². The number of carbonyl (C=O) groups excluding carboxylic acids is 1. The Hall–Kier alpha value is -2.18. The van der Waals surface area contributed by atoms with Gasteiger partial charge in [-0.15, -0.1) is 0 Å². The molecule has 0 bridgehead atoms. The third-order valence-corrected chi connectivity index (χ3v) is 6.21. The van der Waals surface area contributed by atoms with Crippen LogP contribution in [0.25, 0.3) is 0 Å². The molecular weight excluding hydrogens is 386 g/mol. The van der Waals surface area contributed by atoms with Crippen molar-refractivity contribution in [2.75, 3.05) is 26.5 Å². The second kappa shape index (κ2) is 9.55. The Morgan fingerprint density at radius 2 is 1.79 bits per heavy atom. The van der Waals surface area contributed by atoms with Gasteiger partial charge in [0.25, 0.3) is 0 Å². The number of sulfone groups is 1. The summed E-state index contributed by atoms with van der Waals surface area (Å²) in [6, 6.07) is 8.66. The summed E-state index contributed by atoms with van der Waals surface area (Å²) in [6.45, 7) is 9.81. The first-order valence-electron chi connectivity index (χ1n) is 9.72. The van der Waals surface area contributed by atoms with Gasteiger partial charge < -0.3 is 9.64 Å². The van der Waals surface area contributed by atoms with Gasteiger partial charge in [0.1, 0.15) is 5.75 Å². The van der Waals surface area contributed by atoms with Crippen molar-refractivity contribution in [3.63, 3.8) is 0 Å².